The van der Waals surface area contributed by atoms with Crippen LogP contribution in [0.5, 0.6) is 0 Å². The topological polar surface area (TPSA) is 118 Å². The normalized spacial score (nSPS) is 13.1. The summed E-state index contributed by atoms with van der Waals surface area (Å²) in [6.07, 6.45) is 8.26. The largest absolute Gasteiger partial charge is 0.366 e. The number of nitrogens with two attached hydrogens (primary N) is 1. The highest BCUT2D eigenvalue weighted by Crippen LogP contribution is 2.40. The lowest BCUT2D eigenvalue weighted by Gasteiger charge is -2.35. The van der Waals surface area contributed by atoms with E-state index in [-0.39, 0.29) is 5.82 Å². The van der Waals surface area contributed by atoms with Gasteiger partial charge in [0, 0.05) is 36.5 Å². The second-order valence-corrected chi connectivity index (χ2v) is 7.54. The second-order valence-electron chi connectivity index (χ2n) is 7.54. The fourth-order valence-electron chi connectivity index (χ4n) is 3.88. The Hall–Kier alpha value is -4.47. The number of imidazole rings is 1. The van der Waals surface area contributed by atoms with Gasteiger partial charge in [-0.15, -0.1) is 4.80 Å². The number of rotatable bonds is 7. The minimum absolute atomic E-state index is 0.333. The molecule has 0 radical (unpaired) electrons. The molecule has 166 valence electrons. The van der Waals surface area contributed by atoms with Crippen LogP contribution in [0.1, 0.15) is 28.2 Å². The molecule has 1 aliphatic rings. The first kappa shape index (κ1) is 20.4. The van der Waals surface area contributed by atoms with E-state index in [2.05, 4.69) is 30.4 Å². The molecule has 0 aliphatic carbocycles. The van der Waals surface area contributed by atoms with Crippen molar-refractivity contribution in [1.82, 2.24) is 25.0 Å². The maximum absolute atomic E-state index is 13.6. The van der Waals surface area contributed by atoms with Crippen molar-refractivity contribution in [2.75, 3.05) is 16.8 Å². The number of anilines is 2. The third-order valence-corrected chi connectivity index (χ3v) is 5.40. The van der Waals surface area contributed by atoms with Crippen molar-refractivity contribution in [3.05, 3.63) is 90.0 Å². The van der Waals surface area contributed by atoms with Crippen LogP contribution in [0.4, 0.5) is 15.8 Å². The zero-order valence-corrected chi connectivity index (χ0v) is 17.6. The Balaban J connectivity index is 1.62. The maximum Gasteiger partial charge on any atom is 0.248 e. The average Bonchev–Trinajstić information content (AvgIpc) is 3.53. The van der Waals surface area contributed by atoms with Crippen molar-refractivity contribution in [3.8, 4) is 0 Å². The van der Waals surface area contributed by atoms with E-state index in [0.717, 1.165) is 29.9 Å². The number of nitrogens with zero attached hydrogens (tertiary/aromatic N) is 5. The number of nitrogens with one attached hydrogen (secondary N) is 2. The number of aromatic nitrogens is 5. The van der Waals surface area contributed by atoms with Gasteiger partial charge < -0.3 is 20.9 Å². The molecule has 33 heavy (non-hydrogen) atoms. The van der Waals surface area contributed by atoms with Gasteiger partial charge in [-0.3, -0.25) is 4.79 Å². The summed E-state index contributed by atoms with van der Waals surface area (Å²) in [6.45, 7) is 0.618. The molecule has 0 saturated heterocycles. The number of halogens is 1. The van der Waals surface area contributed by atoms with Gasteiger partial charge in [0.05, 0.1) is 29.5 Å². The lowest BCUT2D eigenvalue weighted by Crippen LogP contribution is -2.33. The Morgan fingerprint density at radius 3 is 2.55 bits per heavy atom. The first-order chi connectivity index (χ1) is 16.1. The molecule has 0 atom stereocenters. The van der Waals surface area contributed by atoms with Gasteiger partial charge in [-0.05, 0) is 48.9 Å². The van der Waals surface area contributed by atoms with Gasteiger partial charge >= 0.3 is 0 Å². The fourth-order valence-corrected chi connectivity index (χ4v) is 3.88. The summed E-state index contributed by atoms with van der Waals surface area (Å²) in [5, 5.41) is 12.1. The third-order valence-electron chi connectivity index (χ3n) is 5.40. The van der Waals surface area contributed by atoms with Gasteiger partial charge in [0.1, 0.15) is 11.6 Å². The molecule has 0 bridgehead atoms. The van der Waals surface area contributed by atoms with Crippen molar-refractivity contribution < 1.29 is 9.18 Å². The van der Waals surface area contributed by atoms with Crippen LogP contribution in [0, 0.1) is 5.82 Å². The molecular weight excluding hydrogens is 423 g/mol. The van der Waals surface area contributed by atoms with Crippen LogP contribution < -0.4 is 16.0 Å². The minimum atomic E-state index is -0.518. The molecule has 2 aromatic carbocycles. The van der Waals surface area contributed by atoms with Crippen molar-refractivity contribution in [2.45, 2.75) is 12.8 Å². The average molecular weight is 444 g/mol. The zero-order chi connectivity index (χ0) is 22.8. The summed E-state index contributed by atoms with van der Waals surface area (Å²) in [6, 6.07) is 11.4. The monoisotopic (exact) mass is 444 g/mol. The van der Waals surface area contributed by atoms with E-state index in [1.165, 1.54) is 16.9 Å². The summed E-state index contributed by atoms with van der Waals surface area (Å²) >= 11 is 0. The Morgan fingerprint density at radius 1 is 1.06 bits per heavy atom. The molecule has 0 fully saturated rings. The van der Waals surface area contributed by atoms with Crippen LogP contribution in [0.25, 0.3) is 11.5 Å². The van der Waals surface area contributed by atoms with Gasteiger partial charge in [0.15, 0.2) is 5.82 Å². The molecule has 1 aliphatic heterocycles. The molecule has 1 amide bonds. The van der Waals surface area contributed by atoms with Gasteiger partial charge in [0.2, 0.25) is 5.91 Å². The molecule has 0 unspecified atom stereocenters. The summed E-state index contributed by atoms with van der Waals surface area (Å²) in [7, 11) is 0. The Labute approximate surface area is 188 Å². The first-order valence-electron chi connectivity index (χ1n) is 10.4. The number of H-pyrrole nitrogens is 1. The molecule has 3 heterocycles. The quantitative estimate of drug-likeness (QED) is 0.403. The number of aromatic amines is 1. The Kier molecular flexibility index (Phi) is 5.31. The van der Waals surface area contributed by atoms with Crippen molar-refractivity contribution in [1.29, 1.82) is 0 Å². The van der Waals surface area contributed by atoms with E-state index in [1.807, 2.05) is 6.07 Å². The van der Waals surface area contributed by atoms with Crippen molar-refractivity contribution in [2.24, 2.45) is 5.73 Å². The number of primary amides is 1. The van der Waals surface area contributed by atoms with E-state index in [9.17, 15) is 9.18 Å². The van der Waals surface area contributed by atoms with Crippen LogP contribution >= 0.6 is 0 Å². The van der Waals surface area contributed by atoms with Crippen LogP contribution in [0.2, 0.25) is 0 Å². The molecule has 2 aromatic heterocycles. The van der Waals surface area contributed by atoms with E-state index < -0.39 is 5.91 Å². The number of fused-ring (bicyclic) bond motifs is 1. The highest BCUT2D eigenvalue weighted by atomic mass is 19.1. The van der Waals surface area contributed by atoms with Gasteiger partial charge in [-0.2, -0.15) is 10.2 Å². The van der Waals surface area contributed by atoms with E-state index in [4.69, 9.17) is 5.73 Å². The van der Waals surface area contributed by atoms with Crippen LogP contribution in [-0.4, -0.2) is 37.4 Å². The molecule has 4 N–H and O–H groups in total. The number of hydrogen-bond acceptors (Lipinski definition) is 6. The molecule has 0 saturated carbocycles. The van der Waals surface area contributed by atoms with Gasteiger partial charge in [0.25, 0.3) is 0 Å². The maximum atomic E-state index is 13.6. The Bertz CT molecular complexity index is 1300. The molecule has 9 nitrogen and oxygen atoms in total. The number of amides is 1. The molecule has 4 aromatic rings. The number of benzene rings is 2. The van der Waals surface area contributed by atoms with E-state index >= 15 is 0 Å². The summed E-state index contributed by atoms with van der Waals surface area (Å²) < 4.78 is 13.6. The highest BCUT2D eigenvalue weighted by molar-refractivity contribution is 6.04. The predicted molar refractivity (Wildman–Crippen MR) is 122 cm³/mol. The fraction of sp³-hybridized carbons (Fsp3) is 0.130. The SMILES string of the molecule is NC(=O)c1ccc2c(c1)NC(c1ccc(F)cc1)=C(n1nccn1)N2CCCc1ncc[nH]1. The molecule has 10 heteroatoms. The van der Waals surface area contributed by atoms with Crippen LogP contribution in [0.15, 0.2) is 67.3 Å². The lowest BCUT2D eigenvalue weighted by molar-refractivity contribution is 0.100. The van der Waals surface area contributed by atoms with Crippen LogP contribution in [-0.2, 0) is 6.42 Å². The minimum Gasteiger partial charge on any atom is -0.366 e. The van der Waals surface area contributed by atoms with E-state index in [0.29, 0.717) is 29.3 Å². The Morgan fingerprint density at radius 2 is 1.85 bits per heavy atom. The highest BCUT2D eigenvalue weighted by Gasteiger charge is 2.29. The summed E-state index contributed by atoms with van der Waals surface area (Å²) in [5.74, 6) is 0.734. The molecule has 5 rings (SSSR count). The standard InChI is InChI=1S/C23H21FN8O/c24-17-6-3-15(4-7-17)21-23(32-28-11-12-29-32)31(13-1-2-20-26-9-10-27-20)19-8-5-16(22(25)33)14-18(19)30-21/h3-12,14,30H,1-2,13H2,(H2,25,33)(H,26,27). The molecule has 0 spiro atoms. The van der Waals surface area contributed by atoms with Gasteiger partial charge in [-0.1, -0.05) is 0 Å². The number of carbonyl (C=O) groups excluding carboxylic acids is 1. The van der Waals surface area contributed by atoms with E-state index in [1.54, 1.807) is 49.1 Å². The number of aryl methyl sites for hydroxylation is 1. The lowest BCUT2D eigenvalue weighted by atomic mass is 10.0. The zero-order valence-electron chi connectivity index (χ0n) is 17.6. The van der Waals surface area contributed by atoms with Crippen LogP contribution in [0.3, 0.4) is 0 Å². The number of hydrogen-bond donors (Lipinski definition) is 3. The smallest absolute Gasteiger partial charge is 0.248 e. The first-order valence-corrected chi connectivity index (χ1v) is 10.4. The predicted octanol–water partition coefficient (Wildman–Crippen LogP) is 3.09. The van der Waals surface area contributed by atoms with Gasteiger partial charge in [-0.25, -0.2) is 9.37 Å². The second kappa shape index (κ2) is 8.58. The van der Waals surface area contributed by atoms with Crippen molar-refractivity contribution >= 4 is 28.8 Å². The third kappa shape index (κ3) is 4.05. The number of carbonyl (C=O) groups is 1. The molecular formula is C23H21FN8O. The summed E-state index contributed by atoms with van der Waals surface area (Å²) in [5.41, 5.74) is 8.88. The van der Waals surface area contributed by atoms with Crippen molar-refractivity contribution in [3.63, 3.8) is 0 Å². The summed E-state index contributed by atoms with van der Waals surface area (Å²) in [4.78, 5) is 22.8.